The van der Waals surface area contributed by atoms with Crippen LogP contribution in [0.25, 0.3) is 0 Å². The maximum Gasteiger partial charge on any atom is 0.306 e. The average Bonchev–Trinajstić information content (AvgIpc) is 3.27. The fourth-order valence-electron chi connectivity index (χ4n) is 6.80. The Balaban J connectivity index is 4.39. The van der Waals surface area contributed by atoms with E-state index in [1.165, 1.54) is 89.9 Å². The summed E-state index contributed by atoms with van der Waals surface area (Å²) < 4.78 is 17.3. The van der Waals surface area contributed by atoms with E-state index in [0.29, 0.717) is 19.4 Å². The van der Waals surface area contributed by atoms with Gasteiger partial charge in [-0.2, -0.15) is 0 Å². The van der Waals surface area contributed by atoms with Crippen LogP contribution in [0.15, 0.2) is 97.2 Å². The number of hydrogen-bond acceptors (Lipinski definition) is 5. The molecule has 0 aliphatic carbocycles. The highest BCUT2D eigenvalue weighted by Gasteiger charge is 2.17. The minimum atomic E-state index is -0.575. The van der Waals surface area contributed by atoms with E-state index in [2.05, 4.69) is 118 Å². The van der Waals surface area contributed by atoms with Crippen LogP contribution in [0, 0.1) is 0 Å². The molecule has 0 aliphatic rings. The van der Waals surface area contributed by atoms with E-state index in [1.807, 2.05) is 0 Å². The van der Waals surface area contributed by atoms with Crippen LogP contribution in [0.3, 0.4) is 0 Å². The van der Waals surface area contributed by atoms with Crippen LogP contribution >= 0.6 is 0 Å². The lowest BCUT2D eigenvalue weighted by molar-refractivity contribution is -0.163. The molecule has 0 fully saturated rings. The zero-order chi connectivity index (χ0) is 44.9. The molecule has 0 amide bonds. The molecule has 0 saturated carbocycles. The van der Waals surface area contributed by atoms with Gasteiger partial charge in [-0.1, -0.05) is 221 Å². The van der Waals surface area contributed by atoms with Gasteiger partial charge in [0.15, 0.2) is 6.10 Å². The maximum absolute atomic E-state index is 12.8. The second kappa shape index (κ2) is 52.2. The number of allylic oxidation sites excluding steroid dienone is 16. The van der Waals surface area contributed by atoms with Crippen molar-refractivity contribution in [2.24, 2.45) is 0 Å². The number of unbranched alkanes of at least 4 members (excludes halogenated alkanes) is 19. The van der Waals surface area contributed by atoms with Crippen molar-refractivity contribution in [2.75, 3.05) is 19.8 Å². The van der Waals surface area contributed by atoms with E-state index < -0.39 is 6.10 Å². The molecule has 0 rings (SSSR count). The van der Waals surface area contributed by atoms with Gasteiger partial charge in [-0.05, 0) is 89.9 Å². The number of rotatable bonds is 46. The van der Waals surface area contributed by atoms with Gasteiger partial charge in [0.05, 0.1) is 6.61 Å². The van der Waals surface area contributed by atoms with E-state index in [0.717, 1.165) is 103 Å². The van der Waals surface area contributed by atoms with Gasteiger partial charge >= 0.3 is 11.9 Å². The predicted molar refractivity (Wildman–Crippen MR) is 270 cm³/mol. The standard InChI is InChI=1S/C57H96O5/c1-4-7-10-13-16-19-22-25-26-27-28-29-30-31-34-37-40-43-46-49-52-60-53-55(62-57(59)51-48-45-42-39-36-33-24-21-18-15-12-9-6-3)54-61-56(58)50-47-44-41-38-35-32-23-20-17-14-11-8-5-2/h7,10-11,14,16,19-20,23,25-26,28-29,31,34,40,43,55H,4-6,8-9,12-13,15,17-18,21-22,24,27,30,32-33,35-39,41-42,44-54H2,1-3H3/b10-7-,14-11-,19-16-,23-20-,26-25-,29-28-,34-31-,43-40-. The number of esters is 2. The van der Waals surface area contributed by atoms with Crippen molar-refractivity contribution in [3.63, 3.8) is 0 Å². The molecule has 0 radical (unpaired) electrons. The zero-order valence-corrected chi connectivity index (χ0v) is 40.6. The largest absolute Gasteiger partial charge is 0.462 e. The van der Waals surface area contributed by atoms with Crippen LogP contribution in [0.5, 0.6) is 0 Å². The van der Waals surface area contributed by atoms with Gasteiger partial charge in [0.2, 0.25) is 0 Å². The number of hydrogen-bond donors (Lipinski definition) is 0. The molecule has 0 saturated heterocycles. The Labute approximate surface area is 383 Å². The van der Waals surface area contributed by atoms with Gasteiger partial charge in [-0.15, -0.1) is 0 Å². The summed E-state index contributed by atoms with van der Waals surface area (Å²) in [6, 6.07) is 0. The number of ether oxygens (including phenoxy) is 3. The van der Waals surface area contributed by atoms with Gasteiger partial charge in [0, 0.05) is 19.4 Å². The third kappa shape index (κ3) is 49.5. The minimum absolute atomic E-state index is 0.0519. The van der Waals surface area contributed by atoms with Gasteiger partial charge in [0.1, 0.15) is 6.61 Å². The summed E-state index contributed by atoms with van der Waals surface area (Å²) in [5.41, 5.74) is 0. The Morgan fingerprint density at radius 3 is 1.23 bits per heavy atom. The molecule has 0 bridgehead atoms. The Morgan fingerprint density at radius 1 is 0.371 bits per heavy atom. The maximum atomic E-state index is 12.8. The summed E-state index contributed by atoms with van der Waals surface area (Å²) in [5, 5.41) is 0. The van der Waals surface area contributed by atoms with Gasteiger partial charge in [0.25, 0.3) is 0 Å². The predicted octanol–water partition coefficient (Wildman–Crippen LogP) is 17.5. The molecule has 1 atom stereocenters. The molecular formula is C57H96O5. The average molecular weight is 861 g/mol. The van der Waals surface area contributed by atoms with Crippen LogP contribution in [-0.4, -0.2) is 37.9 Å². The van der Waals surface area contributed by atoms with E-state index in [9.17, 15) is 9.59 Å². The fourth-order valence-corrected chi connectivity index (χ4v) is 6.80. The summed E-state index contributed by atoms with van der Waals surface area (Å²) in [5.74, 6) is -0.447. The molecule has 354 valence electrons. The van der Waals surface area contributed by atoms with E-state index in [4.69, 9.17) is 14.2 Å². The van der Waals surface area contributed by atoms with Crippen LogP contribution < -0.4 is 0 Å². The van der Waals surface area contributed by atoms with Crippen LogP contribution in [0.4, 0.5) is 0 Å². The smallest absolute Gasteiger partial charge is 0.306 e. The van der Waals surface area contributed by atoms with E-state index in [-0.39, 0.29) is 25.2 Å². The van der Waals surface area contributed by atoms with Gasteiger partial charge in [-0.25, -0.2) is 0 Å². The van der Waals surface area contributed by atoms with Crippen molar-refractivity contribution >= 4 is 11.9 Å². The normalized spacial score (nSPS) is 13.0. The molecule has 0 aliphatic heterocycles. The second-order valence-electron chi connectivity index (χ2n) is 16.7. The molecule has 0 aromatic rings. The van der Waals surface area contributed by atoms with Crippen LogP contribution in [-0.2, 0) is 23.8 Å². The first-order chi connectivity index (χ1) is 30.6. The summed E-state index contributed by atoms with van der Waals surface area (Å²) in [4.78, 5) is 25.4. The fraction of sp³-hybridized carbons (Fsp3) is 0.684. The lowest BCUT2D eigenvalue weighted by atomic mass is 10.0. The number of carbonyl (C=O) groups is 2. The molecular weight excluding hydrogens is 765 g/mol. The highest BCUT2D eigenvalue weighted by atomic mass is 16.6. The monoisotopic (exact) mass is 861 g/mol. The van der Waals surface area contributed by atoms with Crippen molar-refractivity contribution in [3.8, 4) is 0 Å². The lowest BCUT2D eigenvalue weighted by Gasteiger charge is -2.18. The zero-order valence-electron chi connectivity index (χ0n) is 40.6. The number of carbonyl (C=O) groups excluding carboxylic acids is 2. The Kier molecular flexibility index (Phi) is 49.5. The summed E-state index contributed by atoms with van der Waals surface area (Å²) in [7, 11) is 0. The third-order valence-electron chi connectivity index (χ3n) is 10.6. The Bertz CT molecular complexity index is 1200. The highest BCUT2D eigenvalue weighted by molar-refractivity contribution is 5.70. The van der Waals surface area contributed by atoms with E-state index >= 15 is 0 Å². The quantitative estimate of drug-likeness (QED) is 0.0347. The summed E-state index contributed by atoms with van der Waals surface area (Å²) >= 11 is 0. The Hall–Kier alpha value is -3.18. The van der Waals surface area contributed by atoms with Crippen molar-refractivity contribution in [2.45, 2.75) is 232 Å². The van der Waals surface area contributed by atoms with Crippen molar-refractivity contribution < 1.29 is 23.8 Å². The summed E-state index contributed by atoms with van der Waals surface area (Å²) in [6.07, 6.45) is 69.9. The minimum Gasteiger partial charge on any atom is -0.462 e. The lowest BCUT2D eigenvalue weighted by Crippen LogP contribution is -2.30. The molecule has 0 heterocycles. The first-order valence-electron chi connectivity index (χ1n) is 25.8. The van der Waals surface area contributed by atoms with Gasteiger partial charge < -0.3 is 14.2 Å². The molecule has 1 unspecified atom stereocenters. The van der Waals surface area contributed by atoms with Crippen LogP contribution in [0.1, 0.15) is 226 Å². The van der Waals surface area contributed by atoms with Gasteiger partial charge in [-0.3, -0.25) is 9.59 Å². The van der Waals surface area contributed by atoms with Crippen molar-refractivity contribution in [1.29, 1.82) is 0 Å². The van der Waals surface area contributed by atoms with E-state index in [1.54, 1.807) is 0 Å². The molecule has 0 spiro atoms. The molecule has 5 nitrogen and oxygen atoms in total. The highest BCUT2D eigenvalue weighted by Crippen LogP contribution is 2.14. The van der Waals surface area contributed by atoms with Crippen molar-refractivity contribution in [3.05, 3.63) is 97.2 Å². The SMILES string of the molecule is CC/C=C\C/C=C\C/C=C\C/C=C\C/C=C\C/C=C\CCCOCC(COC(=O)CCCCCCC/C=C\C/C=C\CCC)OC(=O)CCCCCCCCCCCCCCC. The Morgan fingerprint density at radius 2 is 0.758 bits per heavy atom. The molecule has 5 heteroatoms. The summed E-state index contributed by atoms with van der Waals surface area (Å²) in [6.45, 7) is 7.49. The first-order valence-corrected chi connectivity index (χ1v) is 25.8. The first kappa shape index (κ1) is 58.8. The van der Waals surface area contributed by atoms with Crippen molar-refractivity contribution in [1.82, 2.24) is 0 Å². The third-order valence-corrected chi connectivity index (χ3v) is 10.6. The molecule has 62 heavy (non-hydrogen) atoms. The molecule has 0 N–H and O–H groups in total. The topological polar surface area (TPSA) is 61.8 Å². The van der Waals surface area contributed by atoms with Crippen LogP contribution in [0.2, 0.25) is 0 Å². The molecule has 0 aromatic heterocycles. The second-order valence-corrected chi connectivity index (χ2v) is 16.7. The molecule has 0 aromatic carbocycles.